The molecule has 19 heavy (non-hydrogen) atoms. The Balaban J connectivity index is 2.14. The highest BCUT2D eigenvalue weighted by Gasteiger charge is 2.51. The average Bonchev–Trinajstić information content (AvgIpc) is 2.77. The van der Waals surface area contributed by atoms with Gasteiger partial charge in [-0.15, -0.1) is 0 Å². The van der Waals surface area contributed by atoms with E-state index in [1.807, 2.05) is 24.3 Å². The molecule has 1 aliphatic rings. The van der Waals surface area contributed by atoms with Crippen molar-refractivity contribution in [1.82, 2.24) is 5.32 Å². The van der Waals surface area contributed by atoms with Crippen LogP contribution in [0.1, 0.15) is 5.56 Å². The van der Waals surface area contributed by atoms with E-state index in [1.54, 1.807) is 13.3 Å². The predicted molar refractivity (Wildman–Crippen MR) is 69.2 cm³/mol. The second-order valence-electron chi connectivity index (χ2n) is 4.85. The van der Waals surface area contributed by atoms with Crippen LogP contribution in [0.2, 0.25) is 0 Å². The molecule has 1 unspecified atom stereocenters. The van der Waals surface area contributed by atoms with Gasteiger partial charge in [0.15, 0.2) is 0 Å². The van der Waals surface area contributed by atoms with Crippen LogP contribution in [0, 0.1) is 0 Å². The van der Waals surface area contributed by atoms with E-state index in [1.165, 1.54) is 0 Å². The predicted octanol–water partition coefficient (Wildman–Crippen LogP) is 1.37. The number of hydrogen-bond donors (Lipinski definition) is 2. The molecule has 1 atom stereocenters. The Morgan fingerprint density at radius 1 is 1.42 bits per heavy atom. The smallest absolute Gasteiger partial charge is 0.321 e. The Morgan fingerprint density at radius 3 is 2.74 bits per heavy atom. The topological polar surface area (TPSA) is 71.7 Å². The lowest BCUT2D eigenvalue weighted by Gasteiger charge is -2.44. The van der Waals surface area contributed by atoms with Crippen molar-refractivity contribution < 1.29 is 19.1 Å². The highest BCUT2D eigenvalue weighted by atomic mass is 16.5. The van der Waals surface area contributed by atoms with Crippen LogP contribution in [-0.2, 0) is 14.9 Å². The van der Waals surface area contributed by atoms with Gasteiger partial charge in [-0.1, -0.05) is 18.2 Å². The van der Waals surface area contributed by atoms with Crippen molar-refractivity contribution in [3.63, 3.8) is 0 Å². The minimum atomic E-state index is -0.879. The third-order valence-electron chi connectivity index (χ3n) is 3.82. The fraction of sp³-hybridized carbons (Fsp3) is 0.357. The third-order valence-corrected chi connectivity index (χ3v) is 3.82. The number of rotatable bonds is 4. The Hall–Kier alpha value is -1.85. The van der Waals surface area contributed by atoms with Crippen molar-refractivity contribution in [3.05, 3.63) is 36.1 Å². The molecule has 1 aromatic heterocycles. The summed E-state index contributed by atoms with van der Waals surface area (Å²) in [6, 6.07) is 6.95. The molecule has 0 aliphatic carbocycles. The van der Waals surface area contributed by atoms with Crippen molar-refractivity contribution in [2.24, 2.45) is 0 Å². The second-order valence-corrected chi connectivity index (χ2v) is 4.85. The number of furan rings is 1. The highest BCUT2D eigenvalue weighted by molar-refractivity contribution is 5.85. The molecule has 0 spiro atoms. The molecule has 5 heteroatoms. The zero-order valence-corrected chi connectivity index (χ0v) is 10.6. The van der Waals surface area contributed by atoms with Crippen LogP contribution in [0.15, 0.2) is 34.9 Å². The maximum atomic E-state index is 11.5. The molecule has 0 saturated carbocycles. The molecule has 3 rings (SSSR count). The summed E-state index contributed by atoms with van der Waals surface area (Å²) in [5.41, 5.74) is 1.10. The summed E-state index contributed by atoms with van der Waals surface area (Å²) in [4.78, 5) is 11.5. The molecule has 100 valence electrons. The monoisotopic (exact) mass is 261 g/mol. The summed E-state index contributed by atoms with van der Waals surface area (Å²) < 4.78 is 10.8. The summed E-state index contributed by atoms with van der Waals surface area (Å²) in [5, 5.41) is 13.2. The fourth-order valence-electron chi connectivity index (χ4n) is 2.80. The number of aliphatic carboxylic acids is 1. The van der Waals surface area contributed by atoms with E-state index in [0.29, 0.717) is 13.2 Å². The Labute approximate surface area is 110 Å². The van der Waals surface area contributed by atoms with E-state index >= 15 is 0 Å². The number of para-hydroxylation sites is 1. The van der Waals surface area contributed by atoms with Gasteiger partial charge in [-0.2, -0.15) is 0 Å². The van der Waals surface area contributed by atoms with Crippen molar-refractivity contribution in [1.29, 1.82) is 0 Å². The van der Waals surface area contributed by atoms with Crippen LogP contribution in [0.4, 0.5) is 0 Å². The zero-order chi connectivity index (χ0) is 13.5. The van der Waals surface area contributed by atoms with Gasteiger partial charge in [-0.25, -0.2) is 0 Å². The maximum absolute atomic E-state index is 11.5. The van der Waals surface area contributed by atoms with Gasteiger partial charge < -0.3 is 19.6 Å². The molecule has 2 N–H and O–H groups in total. The number of carboxylic acids is 1. The molecule has 0 bridgehead atoms. The maximum Gasteiger partial charge on any atom is 0.321 e. The van der Waals surface area contributed by atoms with E-state index in [2.05, 4.69) is 5.32 Å². The van der Waals surface area contributed by atoms with Gasteiger partial charge in [0.05, 0.1) is 24.9 Å². The molecular weight excluding hydrogens is 246 g/mol. The summed E-state index contributed by atoms with van der Waals surface area (Å²) in [6.07, 6.45) is 1.65. The number of hydrogen-bond acceptors (Lipinski definition) is 4. The van der Waals surface area contributed by atoms with Crippen molar-refractivity contribution in [2.45, 2.75) is 11.5 Å². The number of fused-ring (bicyclic) bond motifs is 1. The standard InChI is InChI=1S/C14H15NO4/c1-15-12(13(16)17)14(7-18-8-14)10-6-19-11-5-3-2-4-9(10)11/h2-6,12,15H,7-8H2,1H3,(H,16,17). The van der Waals surface area contributed by atoms with Gasteiger partial charge in [0.1, 0.15) is 11.6 Å². The molecule has 0 amide bonds. The van der Waals surface area contributed by atoms with Crippen LogP contribution < -0.4 is 5.32 Å². The minimum absolute atomic E-state index is 0.383. The molecule has 1 aromatic carbocycles. The first-order valence-corrected chi connectivity index (χ1v) is 6.13. The molecule has 2 aromatic rings. The summed E-state index contributed by atoms with van der Waals surface area (Å²) >= 11 is 0. The van der Waals surface area contributed by atoms with Crippen LogP contribution in [0.3, 0.4) is 0 Å². The number of benzene rings is 1. The van der Waals surface area contributed by atoms with Crippen molar-refractivity contribution in [2.75, 3.05) is 20.3 Å². The van der Waals surface area contributed by atoms with Gasteiger partial charge in [-0.3, -0.25) is 4.79 Å². The second kappa shape index (κ2) is 4.36. The van der Waals surface area contributed by atoms with E-state index in [4.69, 9.17) is 9.15 Å². The summed E-state index contributed by atoms with van der Waals surface area (Å²) in [6.45, 7) is 0.767. The van der Waals surface area contributed by atoms with E-state index in [-0.39, 0.29) is 0 Å². The molecular formula is C14H15NO4. The average molecular weight is 261 g/mol. The zero-order valence-electron chi connectivity index (χ0n) is 10.6. The van der Waals surface area contributed by atoms with Gasteiger partial charge >= 0.3 is 5.97 Å². The first-order chi connectivity index (χ1) is 9.19. The first kappa shape index (κ1) is 12.2. The Morgan fingerprint density at radius 2 is 2.16 bits per heavy atom. The normalized spacial score (nSPS) is 19.0. The largest absolute Gasteiger partial charge is 0.480 e. The van der Waals surface area contributed by atoms with Crippen LogP contribution in [-0.4, -0.2) is 37.4 Å². The Bertz CT molecular complexity index is 615. The molecule has 2 heterocycles. The third kappa shape index (κ3) is 1.66. The van der Waals surface area contributed by atoms with E-state index in [9.17, 15) is 9.90 Å². The van der Waals surface area contributed by atoms with Crippen LogP contribution in [0.5, 0.6) is 0 Å². The molecule has 1 saturated heterocycles. The fourth-order valence-corrected chi connectivity index (χ4v) is 2.80. The van der Waals surface area contributed by atoms with Crippen LogP contribution in [0.25, 0.3) is 11.0 Å². The number of ether oxygens (including phenoxy) is 1. The van der Waals surface area contributed by atoms with Gasteiger partial charge in [0, 0.05) is 10.9 Å². The Kier molecular flexibility index (Phi) is 2.80. The van der Waals surface area contributed by atoms with Crippen molar-refractivity contribution in [3.8, 4) is 0 Å². The lowest BCUT2D eigenvalue weighted by molar-refractivity contribution is -0.150. The number of carbonyl (C=O) groups is 1. The van der Waals surface area contributed by atoms with Crippen molar-refractivity contribution >= 4 is 16.9 Å². The van der Waals surface area contributed by atoms with E-state index < -0.39 is 17.4 Å². The molecule has 5 nitrogen and oxygen atoms in total. The summed E-state index contributed by atoms with van der Waals surface area (Å²) in [5.74, 6) is -0.879. The first-order valence-electron chi connectivity index (χ1n) is 6.13. The number of nitrogens with one attached hydrogen (secondary N) is 1. The quantitative estimate of drug-likeness (QED) is 0.869. The molecule has 1 aliphatic heterocycles. The van der Waals surface area contributed by atoms with Gasteiger partial charge in [0.2, 0.25) is 0 Å². The SMILES string of the molecule is CNC(C(=O)O)C1(c2coc3ccccc23)COC1. The molecule has 1 fully saturated rings. The van der Waals surface area contributed by atoms with Crippen LogP contribution >= 0.6 is 0 Å². The lowest BCUT2D eigenvalue weighted by atomic mass is 9.72. The number of likely N-dealkylation sites (N-methyl/N-ethyl adjacent to an activating group) is 1. The van der Waals surface area contributed by atoms with Gasteiger partial charge in [0.25, 0.3) is 0 Å². The van der Waals surface area contributed by atoms with Gasteiger partial charge in [-0.05, 0) is 13.1 Å². The number of carboxylic acid groups (broad SMARTS) is 1. The lowest BCUT2D eigenvalue weighted by Crippen LogP contribution is -2.62. The molecule has 0 radical (unpaired) electrons. The minimum Gasteiger partial charge on any atom is -0.480 e. The van der Waals surface area contributed by atoms with E-state index in [0.717, 1.165) is 16.5 Å². The highest BCUT2D eigenvalue weighted by Crippen LogP contribution is 2.40. The summed E-state index contributed by atoms with van der Waals surface area (Å²) in [7, 11) is 1.65.